The molecule has 1 saturated heterocycles. The first kappa shape index (κ1) is 13.7. The van der Waals surface area contributed by atoms with E-state index < -0.39 is 11.4 Å². The molecular weight excluding hydrogens is 272 g/mol. The molecule has 2 fully saturated rings. The Morgan fingerprint density at radius 2 is 1.90 bits per heavy atom. The van der Waals surface area contributed by atoms with Crippen molar-refractivity contribution in [1.29, 1.82) is 0 Å². The number of carbonyl (C=O) groups excluding carboxylic acids is 2. The standard InChI is InChI=1S/C15H16N2O4/c18-12-9-15(7-2-1-3-8-15)14(21)17(12)11-6-4-5-10(16-11)13(19)20/h4-6H,1-3,7-9H2,(H,19,20). The summed E-state index contributed by atoms with van der Waals surface area (Å²) in [5.74, 6) is -1.56. The molecule has 1 aliphatic heterocycles. The van der Waals surface area contributed by atoms with Crippen LogP contribution < -0.4 is 4.90 Å². The highest BCUT2D eigenvalue weighted by Crippen LogP contribution is 2.46. The van der Waals surface area contributed by atoms with E-state index in [9.17, 15) is 14.4 Å². The summed E-state index contributed by atoms with van der Waals surface area (Å²) in [7, 11) is 0. The van der Waals surface area contributed by atoms with Gasteiger partial charge in [0.1, 0.15) is 5.82 Å². The lowest BCUT2D eigenvalue weighted by Crippen LogP contribution is -2.37. The summed E-state index contributed by atoms with van der Waals surface area (Å²) in [6.45, 7) is 0. The lowest BCUT2D eigenvalue weighted by molar-refractivity contribution is -0.127. The number of rotatable bonds is 2. The molecule has 110 valence electrons. The van der Waals surface area contributed by atoms with Gasteiger partial charge >= 0.3 is 5.97 Å². The van der Waals surface area contributed by atoms with Gasteiger partial charge in [0.05, 0.1) is 5.41 Å². The van der Waals surface area contributed by atoms with Gasteiger partial charge in [-0.05, 0) is 25.0 Å². The third-order valence-electron chi connectivity index (χ3n) is 4.39. The van der Waals surface area contributed by atoms with Gasteiger partial charge in [0, 0.05) is 6.42 Å². The molecule has 21 heavy (non-hydrogen) atoms. The molecule has 1 aromatic rings. The maximum atomic E-state index is 12.7. The number of hydrogen-bond acceptors (Lipinski definition) is 4. The Morgan fingerprint density at radius 3 is 2.57 bits per heavy atom. The van der Waals surface area contributed by atoms with Gasteiger partial charge in [-0.2, -0.15) is 0 Å². The van der Waals surface area contributed by atoms with Crippen LogP contribution in [-0.4, -0.2) is 27.9 Å². The fraction of sp³-hybridized carbons (Fsp3) is 0.467. The number of hydrogen-bond donors (Lipinski definition) is 1. The van der Waals surface area contributed by atoms with Crippen molar-refractivity contribution in [3.8, 4) is 0 Å². The summed E-state index contributed by atoms with van der Waals surface area (Å²) in [4.78, 5) is 40.9. The van der Waals surface area contributed by atoms with Crippen LogP contribution in [0.5, 0.6) is 0 Å². The molecule has 1 N–H and O–H groups in total. The van der Waals surface area contributed by atoms with Crippen LogP contribution in [0, 0.1) is 5.41 Å². The minimum absolute atomic E-state index is 0.118. The zero-order chi connectivity index (χ0) is 15.0. The summed E-state index contributed by atoms with van der Waals surface area (Å²) in [6, 6.07) is 4.34. The first-order chi connectivity index (χ1) is 10.0. The smallest absolute Gasteiger partial charge is 0.354 e. The van der Waals surface area contributed by atoms with Crippen molar-refractivity contribution in [1.82, 2.24) is 4.98 Å². The molecule has 0 radical (unpaired) electrons. The Balaban J connectivity index is 1.95. The molecule has 1 aromatic heterocycles. The highest BCUT2D eigenvalue weighted by atomic mass is 16.4. The van der Waals surface area contributed by atoms with Gasteiger partial charge in [-0.1, -0.05) is 25.3 Å². The highest BCUT2D eigenvalue weighted by Gasteiger charge is 2.52. The van der Waals surface area contributed by atoms with Crippen molar-refractivity contribution >= 4 is 23.6 Å². The van der Waals surface area contributed by atoms with Gasteiger partial charge in [0.2, 0.25) is 11.8 Å². The highest BCUT2D eigenvalue weighted by molar-refractivity contribution is 6.22. The molecule has 6 nitrogen and oxygen atoms in total. The molecular formula is C15H16N2O4. The minimum Gasteiger partial charge on any atom is -0.477 e. The van der Waals surface area contributed by atoms with Crippen LogP contribution >= 0.6 is 0 Å². The lowest BCUT2D eigenvalue weighted by atomic mass is 9.73. The molecule has 0 aromatic carbocycles. The van der Waals surface area contributed by atoms with Crippen LogP contribution in [-0.2, 0) is 9.59 Å². The first-order valence-electron chi connectivity index (χ1n) is 7.11. The number of aromatic carboxylic acids is 1. The average Bonchev–Trinajstić information content (AvgIpc) is 2.71. The molecule has 1 saturated carbocycles. The fourth-order valence-corrected chi connectivity index (χ4v) is 3.31. The fourth-order valence-electron chi connectivity index (χ4n) is 3.31. The number of anilines is 1. The average molecular weight is 288 g/mol. The number of amides is 2. The second kappa shape index (κ2) is 4.95. The summed E-state index contributed by atoms with van der Waals surface area (Å²) in [5.41, 5.74) is -0.756. The largest absolute Gasteiger partial charge is 0.477 e. The number of imide groups is 1. The monoisotopic (exact) mass is 288 g/mol. The minimum atomic E-state index is -1.18. The van der Waals surface area contributed by atoms with Crippen LogP contribution in [0.2, 0.25) is 0 Å². The Bertz CT molecular complexity index is 620. The molecule has 2 amide bonds. The number of nitrogens with zero attached hydrogens (tertiary/aromatic N) is 2. The second-order valence-electron chi connectivity index (χ2n) is 5.74. The van der Waals surface area contributed by atoms with E-state index >= 15 is 0 Å². The molecule has 1 aliphatic carbocycles. The van der Waals surface area contributed by atoms with Gasteiger partial charge in [-0.25, -0.2) is 14.7 Å². The number of carboxylic acid groups (broad SMARTS) is 1. The van der Waals surface area contributed by atoms with Crippen LogP contribution in [0.4, 0.5) is 5.82 Å². The van der Waals surface area contributed by atoms with E-state index in [0.717, 1.165) is 37.0 Å². The maximum absolute atomic E-state index is 12.7. The van der Waals surface area contributed by atoms with Crippen LogP contribution in [0.1, 0.15) is 49.0 Å². The van der Waals surface area contributed by atoms with E-state index in [0.29, 0.717) is 0 Å². The number of carboxylic acids is 1. The second-order valence-corrected chi connectivity index (χ2v) is 5.74. The summed E-state index contributed by atoms with van der Waals surface area (Å²) >= 11 is 0. The predicted octanol–water partition coefficient (Wildman–Crippen LogP) is 1.99. The molecule has 3 rings (SSSR count). The Labute approximate surface area is 121 Å². The SMILES string of the molecule is O=C(O)c1cccc(N2C(=O)CC3(CCCCC3)C2=O)n1. The van der Waals surface area contributed by atoms with Crippen molar-refractivity contribution < 1.29 is 19.5 Å². The van der Waals surface area contributed by atoms with Crippen LogP contribution in [0.15, 0.2) is 18.2 Å². The summed E-state index contributed by atoms with van der Waals surface area (Å²) in [6.07, 6.45) is 4.67. The zero-order valence-electron chi connectivity index (χ0n) is 11.5. The maximum Gasteiger partial charge on any atom is 0.354 e. The van der Waals surface area contributed by atoms with Crippen LogP contribution in [0.3, 0.4) is 0 Å². The molecule has 0 unspecified atom stereocenters. The first-order valence-corrected chi connectivity index (χ1v) is 7.11. The van der Waals surface area contributed by atoms with Crippen molar-refractivity contribution in [2.45, 2.75) is 38.5 Å². The summed E-state index contributed by atoms with van der Waals surface area (Å²) in [5, 5.41) is 8.98. The summed E-state index contributed by atoms with van der Waals surface area (Å²) < 4.78 is 0. The number of aromatic nitrogens is 1. The lowest BCUT2D eigenvalue weighted by Gasteiger charge is -2.30. The van der Waals surface area contributed by atoms with Gasteiger partial charge < -0.3 is 5.11 Å². The molecule has 0 bridgehead atoms. The van der Waals surface area contributed by atoms with E-state index in [2.05, 4.69) is 4.98 Å². The van der Waals surface area contributed by atoms with Crippen molar-refractivity contribution in [2.75, 3.05) is 4.90 Å². The van der Waals surface area contributed by atoms with E-state index in [1.807, 2.05) is 0 Å². The number of pyridine rings is 1. The molecule has 2 aliphatic rings. The van der Waals surface area contributed by atoms with Crippen LogP contribution in [0.25, 0.3) is 0 Å². The van der Waals surface area contributed by atoms with Gasteiger partial charge in [0.15, 0.2) is 5.69 Å². The van der Waals surface area contributed by atoms with Gasteiger partial charge in [-0.3, -0.25) is 9.59 Å². The zero-order valence-corrected chi connectivity index (χ0v) is 11.5. The Kier molecular flexibility index (Phi) is 3.23. The van der Waals surface area contributed by atoms with Crippen molar-refractivity contribution in [3.63, 3.8) is 0 Å². The van der Waals surface area contributed by atoms with Gasteiger partial charge in [-0.15, -0.1) is 0 Å². The normalized spacial score (nSPS) is 21.0. The molecule has 6 heteroatoms. The van der Waals surface area contributed by atoms with E-state index in [1.165, 1.54) is 18.2 Å². The van der Waals surface area contributed by atoms with Gasteiger partial charge in [0.25, 0.3) is 0 Å². The topological polar surface area (TPSA) is 87.6 Å². The van der Waals surface area contributed by atoms with E-state index in [4.69, 9.17) is 5.11 Å². The number of carbonyl (C=O) groups is 3. The quantitative estimate of drug-likeness (QED) is 0.841. The van der Waals surface area contributed by atoms with Crippen molar-refractivity contribution in [3.05, 3.63) is 23.9 Å². The third-order valence-corrected chi connectivity index (χ3v) is 4.39. The third kappa shape index (κ3) is 2.20. The molecule has 2 heterocycles. The van der Waals surface area contributed by atoms with E-state index in [1.54, 1.807) is 0 Å². The van der Waals surface area contributed by atoms with E-state index in [-0.39, 0.29) is 29.7 Å². The Hall–Kier alpha value is -2.24. The molecule has 1 spiro atoms. The predicted molar refractivity (Wildman–Crippen MR) is 73.8 cm³/mol. The van der Waals surface area contributed by atoms with Crippen molar-refractivity contribution in [2.24, 2.45) is 5.41 Å². The Morgan fingerprint density at radius 1 is 1.19 bits per heavy atom. The molecule has 0 atom stereocenters.